The summed E-state index contributed by atoms with van der Waals surface area (Å²) >= 11 is 4.18. The molecule has 0 aromatic rings. The van der Waals surface area contributed by atoms with Crippen LogP contribution in [0.25, 0.3) is 0 Å². The van der Waals surface area contributed by atoms with Crippen molar-refractivity contribution in [3.63, 3.8) is 0 Å². The molecule has 1 nitrogen and oxygen atoms in total. The normalized spacial score (nSPS) is 37.0. The van der Waals surface area contributed by atoms with Gasteiger partial charge in [0.1, 0.15) is 0 Å². The van der Waals surface area contributed by atoms with Gasteiger partial charge in [-0.3, -0.25) is 0 Å². The highest BCUT2D eigenvalue weighted by Gasteiger charge is 2.28. The van der Waals surface area contributed by atoms with E-state index >= 15 is 0 Å². The molecule has 1 saturated heterocycles. The third-order valence-corrected chi connectivity index (χ3v) is 6.08. The molecule has 1 N–H and O–H groups in total. The number of nitrogens with one attached hydrogen (secondary N) is 1. The van der Waals surface area contributed by atoms with Crippen molar-refractivity contribution in [1.82, 2.24) is 5.32 Å². The summed E-state index contributed by atoms with van der Waals surface area (Å²) in [6.07, 6.45) is 2.03. The summed E-state index contributed by atoms with van der Waals surface area (Å²) in [6.45, 7) is 8.51. The lowest BCUT2D eigenvalue weighted by Crippen LogP contribution is -2.40. The molecule has 4 unspecified atom stereocenters. The number of rotatable bonds is 3. The first-order chi connectivity index (χ1) is 6.19. The first-order valence-electron chi connectivity index (χ1n) is 4.76. The van der Waals surface area contributed by atoms with Crippen LogP contribution in [0.5, 0.6) is 0 Å². The average Bonchev–Trinajstić information content (AvgIpc) is 2.13. The Morgan fingerprint density at radius 1 is 1.46 bits per heavy atom. The largest absolute Gasteiger partial charge is 0.313 e. The van der Waals surface area contributed by atoms with Crippen molar-refractivity contribution in [3.8, 4) is 0 Å². The van der Waals surface area contributed by atoms with Gasteiger partial charge in [0.2, 0.25) is 0 Å². The Hall–Kier alpha value is 0.400. The van der Waals surface area contributed by atoms with E-state index in [9.17, 15) is 0 Å². The van der Waals surface area contributed by atoms with Gasteiger partial charge < -0.3 is 5.32 Å². The van der Waals surface area contributed by atoms with Crippen LogP contribution < -0.4 is 5.32 Å². The van der Waals surface area contributed by atoms with E-state index in [1.807, 2.05) is 13.1 Å². The van der Waals surface area contributed by atoms with Gasteiger partial charge in [0.05, 0.1) is 0 Å². The molecule has 13 heavy (non-hydrogen) atoms. The first kappa shape index (κ1) is 11.5. The number of hydrogen-bond acceptors (Lipinski definition) is 3. The summed E-state index contributed by atoms with van der Waals surface area (Å²) in [6, 6.07) is 0.465. The standard InChI is InChI=1S/C10H19NS2/c1-5-9(11-4)10-6-12-7(2)8(3)13-10/h5,7-11H,1,6H2,2-4H3. The highest BCUT2D eigenvalue weighted by Crippen LogP contribution is 2.37. The van der Waals surface area contributed by atoms with Crippen LogP contribution >= 0.6 is 23.5 Å². The van der Waals surface area contributed by atoms with E-state index in [1.54, 1.807) is 0 Å². The van der Waals surface area contributed by atoms with E-state index < -0.39 is 0 Å². The Kier molecular flexibility index (Phi) is 4.70. The predicted molar refractivity (Wildman–Crippen MR) is 65.8 cm³/mol. The van der Waals surface area contributed by atoms with E-state index in [1.165, 1.54) is 5.75 Å². The van der Waals surface area contributed by atoms with Crippen LogP contribution in [-0.2, 0) is 0 Å². The number of hydrogen-bond donors (Lipinski definition) is 1. The monoisotopic (exact) mass is 217 g/mol. The van der Waals surface area contributed by atoms with E-state index in [2.05, 4.69) is 49.3 Å². The third kappa shape index (κ3) is 2.93. The minimum atomic E-state index is 0.465. The first-order valence-corrected chi connectivity index (χ1v) is 6.75. The number of thioether (sulfide) groups is 2. The van der Waals surface area contributed by atoms with Gasteiger partial charge >= 0.3 is 0 Å². The second-order valence-corrected chi connectivity index (χ2v) is 6.50. The second kappa shape index (κ2) is 5.32. The predicted octanol–water partition coefficient (Wildman–Crippen LogP) is 2.39. The zero-order valence-corrected chi connectivity index (χ0v) is 10.3. The van der Waals surface area contributed by atoms with E-state index in [0.29, 0.717) is 11.3 Å². The van der Waals surface area contributed by atoms with Crippen molar-refractivity contribution < 1.29 is 0 Å². The van der Waals surface area contributed by atoms with Crippen LogP contribution in [0, 0.1) is 0 Å². The Balaban J connectivity index is 2.48. The molecule has 76 valence electrons. The van der Waals surface area contributed by atoms with Gasteiger partial charge in [-0.15, -0.1) is 6.58 Å². The Morgan fingerprint density at radius 3 is 2.62 bits per heavy atom. The van der Waals surface area contributed by atoms with Gasteiger partial charge in [-0.25, -0.2) is 0 Å². The molecule has 0 bridgehead atoms. The molecule has 1 rings (SSSR count). The van der Waals surface area contributed by atoms with Crippen LogP contribution in [0.1, 0.15) is 13.8 Å². The smallest absolute Gasteiger partial charge is 0.0373 e. The van der Waals surface area contributed by atoms with Crippen molar-refractivity contribution in [2.75, 3.05) is 12.8 Å². The molecule has 0 saturated carbocycles. The number of likely N-dealkylation sites (N-methyl/N-ethyl adjacent to an activating group) is 1. The lowest BCUT2D eigenvalue weighted by molar-refractivity contribution is 0.658. The molecule has 4 atom stereocenters. The van der Waals surface area contributed by atoms with Crippen molar-refractivity contribution in [2.45, 2.75) is 35.6 Å². The van der Waals surface area contributed by atoms with E-state index in [4.69, 9.17) is 0 Å². The molecular formula is C10H19NS2. The molecule has 3 heteroatoms. The maximum atomic E-state index is 3.87. The summed E-state index contributed by atoms with van der Waals surface area (Å²) in [5, 5.41) is 5.56. The fraction of sp³-hybridized carbons (Fsp3) is 0.800. The average molecular weight is 217 g/mol. The van der Waals surface area contributed by atoms with Gasteiger partial charge in [-0.1, -0.05) is 19.9 Å². The molecule has 1 aliphatic rings. The van der Waals surface area contributed by atoms with Crippen LogP contribution in [0.4, 0.5) is 0 Å². The van der Waals surface area contributed by atoms with Gasteiger partial charge in [0.25, 0.3) is 0 Å². The summed E-state index contributed by atoms with van der Waals surface area (Å²) in [4.78, 5) is 0. The van der Waals surface area contributed by atoms with Crippen molar-refractivity contribution in [2.24, 2.45) is 0 Å². The minimum Gasteiger partial charge on any atom is -0.313 e. The van der Waals surface area contributed by atoms with Gasteiger partial charge in [-0.2, -0.15) is 23.5 Å². The Morgan fingerprint density at radius 2 is 2.15 bits per heavy atom. The lowest BCUT2D eigenvalue weighted by atomic mass is 10.2. The van der Waals surface area contributed by atoms with E-state index in [0.717, 1.165) is 10.5 Å². The molecule has 1 fully saturated rings. The summed E-state index contributed by atoms with van der Waals surface area (Å²) in [7, 11) is 2.01. The zero-order chi connectivity index (χ0) is 9.84. The molecule has 0 spiro atoms. The van der Waals surface area contributed by atoms with Crippen LogP contribution in [0.3, 0.4) is 0 Å². The summed E-state index contributed by atoms with van der Waals surface area (Å²) < 4.78 is 0. The molecule has 0 aromatic carbocycles. The second-order valence-electron chi connectivity index (χ2n) is 3.47. The molecule has 0 aromatic heterocycles. The van der Waals surface area contributed by atoms with Crippen LogP contribution in [-0.4, -0.2) is 34.6 Å². The van der Waals surface area contributed by atoms with Crippen molar-refractivity contribution >= 4 is 23.5 Å². The highest BCUT2D eigenvalue weighted by molar-refractivity contribution is 8.07. The van der Waals surface area contributed by atoms with E-state index in [-0.39, 0.29) is 0 Å². The lowest BCUT2D eigenvalue weighted by Gasteiger charge is -2.34. The molecule has 1 aliphatic heterocycles. The Bertz CT molecular complexity index is 172. The fourth-order valence-electron chi connectivity index (χ4n) is 1.45. The summed E-state index contributed by atoms with van der Waals surface area (Å²) in [5.74, 6) is 1.24. The molecule has 1 heterocycles. The third-order valence-electron chi connectivity index (χ3n) is 2.56. The van der Waals surface area contributed by atoms with Crippen molar-refractivity contribution in [1.29, 1.82) is 0 Å². The minimum absolute atomic E-state index is 0.465. The van der Waals surface area contributed by atoms with Crippen LogP contribution in [0.15, 0.2) is 12.7 Å². The zero-order valence-electron chi connectivity index (χ0n) is 8.62. The molecule has 0 radical (unpaired) electrons. The highest BCUT2D eigenvalue weighted by atomic mass is 32.2. The Labute approximate surface area is 90.1 Å². The maximum Gasteiger partial charge on any atom is 0.0373 e. The molecular weight excluding hydrogens is 198 g/mol. The van der Waals surface area contributed by atoms with Crippen LogP contribution in [0.2, 0.25) is 0 Å². The fourth-order valence-corrected chi connectivity index (χ4v) is 4.59. The summed E-state index contributed by atoms with van der Waals surface area (Å²) in [5.41, 5.74) is 0. The SMILES string of the molecule is C=CC(NC)C1CSC(C)C(C)S1. The molecule has 0 amide bonds. The quantitative estimate of drug-likeness (QED) is 0.729. The maximum absolute atomic E-state index is 3.87. The van der Waals surface area contributed by atoms with Gasteiger partial charge in [0, 0.05) is 27.5 Å². The van der Waals surface area contributed by atoms with Gasteiger partial charge in [0.15, 0.2) is 0 Å². The van der Waals surface area contributed by atoms with Crippen molar-refractivity contribution in [3.05, 3.63) is 12.7 Å². The molecule has 0 aliphatic carbocycles. The topological polar surface area (TPSA) is 12.0 Å². The van der Waals surface area contributed by atoms with Gasteiger partial charge in [-0.05, 0) is 7.05 Å².